The number of nitrogens with zero attached hydrogens (tertiary/aromatic N) is 6. The Kier molecular flexibility index (Phi) is 4.37. The molecule has 0 aliphatic carbocycles. The molecule has 0 bridgehead atoms. The van der Waals surface area contributed by atoms with Gasteiger partial charge >= 0.3 is 0 Å². The smallest absolute Gasteiger partial charge is 0.284 e. The number of benzene rings is 2. The summed E-state index contributed by atoms with van der Waals surface area (Å²) in [6.07, 6.45) is 1.92. The van der Waals surface area contributed by atoms with Crippen LogP contribution < -0.4 is 9.47 Å². The van der Waals surface area contributed by atoms with Crippen LogP contribution in [0, 0.1) is 11.3 Å². The van der Waals surface area contributed by atoms with Gasteiger partial charge < -0.3 is 9.47 Å². The van der Waals surface area contributed by atoms with Gasteiger partial charge in [0.1, 0.15) is 24.4 Å². The molecule has 0 saturated heterocycles. The summed E-state index contributed by atoms with van der Waals surface area (Å²) in [5, 5.41) is 21.6. The standard InChI is InChI=1S/C21H16N6O3/c22-8-3-9-26-13-15(21(28)27-17-5-2-1-4-16(17)23-25-27)20(24-26)14-6-7-18-19(12-14)30-11-10-29-18/h1-2,4-7,12-13H,3,9-11H2. The summed E-state index contributed by atoms with van der Waals surface area (Å²) >= 11 is 0. The highest BCUT2D eigenvalue weighted by molar-refractivity contribution is 6.04. The number of aryl methyl sites for hydroxylation is 1. The summed E-state index contributed by atoms with van der Waals surface area (Å²) in [5.74, 6) is 0.913. The number of carbonyl (C=O) groups excluding carboxylic acids is 1. The van der Waals surface area contributed by atoms with Crippen LogP contribution in [-0.2, 0) is 6.54 Å². The van der Waals surface area contributed by atoms with Gasteiger partial charge in [0.2, 0.25) is 0 Å². The van der Waals surface area contributed by atoms with E-state index in [1.165, 1.54) is 4.68 Å². The Labute approximate surface area is 171 Å². The van der Waals surface area contributed by atoms with E-state index in [0.717, 1.165) is 0 Å². The van der Waals surface area contributed by atoms with Crippen molar-refractivity contribution in [2.24, 2.45) is 0 Å². The monoisotopic (exact) mass is 400 g/mol. The fourth-order valence-corrected chi connectivity index (χ4v) is 3.39. The molecule has 9 nitrogen and oxygen atoms in total. The van der Waals surface area contributed by atoms with Crippen LogP contribution in [0.15, 0.2) is 48.7 Å². The molecule has 0 N–H and O–H groups in total. The van der Waals surface area contributed by atoms with Gasteiger partial charge in [-0.2, -0.15) is 15.0 Å². The molecule has 30 heavy (non-hydrogen) atoms. The second-order valence-corrected chi connectivity index (χ2v) is 6.72. The number of hydrogen-bond acceptors (Lipinski definition) is 7. The molecule has 0 atom stereocenters. The number of nitriles is 1. The van der Waals surface area contributed by atoms with E-state index in [0.29, 0.717) is 59.1 Å². The van der Waals surface area contributed by atoms with Crippen molar-refractivity contribution in [1.29, 1.82) is 5.26 Å². The molecule has 0 saturated carbocycles. The molecular formula is C21H16N6O3. The van der Waals surface area contributed by atoms with Gasteiger partial charge in [-0.1, -0.05) is 17.3 Å². The Morgan fingerprint density at radius 1 is 1.13 bits per heavy atom. The average Bonchev–Trinajstić information content (AvgIpc) is 3.41. The highest BCUT2D eigenvalue weighted by Gasteiger charge is 2.23. The van der Waals surface area contributed by atoms with Crippen molar-refractivity contribution in [3.05, 3.63) is 54.2 Å². The van der Waals surface area contributed by atoms with Crippen LogP contribution in [0.2, 0.25) is 0 Å². The molecule has 0 fully saturated rings. The van der Waals surface area contributed by atoms with Gasteiger partial charge in [0.05, 0.1) is 30.1 Å². The van der Waals surface area contributed by atoms with Crippen molar-refractivity contribution in [2.75, 3.05) is 13.2 Å². The number of ether oxygens (including phenoxy) is 2. The molecule has 0 spiro atoms. The summed E-state index contributed by atoms with van der Waals surface area (Å²) in [6.45, 7) is 1.33. The van der Waals surface area contributed by atoms with Crippen LogP contribution in [-0.4, -0.2) is 43.9 Å². The Bertz CT molecular complexity index is 1300. The molecule has 5 rings (SSSR count). The predicted octanol–water partition coefficient (Wildman–Crippen LogP) is 2.67. The van der Waals surface area contributed by atoms with E-state index >= 15 is 0 Å². The fourth-order valence-electron chi connectivity index (χ4n) is 3.39. The normalized spacial score (nSPS) is 12.6. The van der Waals surface area contributed by atoms with Crippen LogP contribution in [0.5, 0.6) is 11.5 Å². The molecule has 1 aliphatic rings. The Morgan fingerprint density at radius 2 is 1.97 bits per heavy atom. The van der Waals surface area contributed by atoms with Gasteiger partial charge in [0.15, 0.2) is 11.5 Å². The molecule has 0 radical (unpaired) electrons. The first kappa shape index (κ1) is 17.9. The molecule has 0 unspecified atom stereocenters. The van der Waals surface area contributed by atoms with Crippen molar-refractivity contribution < 1.29 is 14.3 Å². The molecule has 148 valence electrons. The summed E-state index contributed by atoms with van der Waals surface area (Å²) in [6, 6.07) is 14.8. The van der Waals surface area contributed by atoms with Gasteiger partial charge in [0.25, 0.3) is 5.91 Å². The molecule has 3 heterocycles. The van der Waals surface area contributed by atoms with Crippen LogP contribution in [0.1, 0.15) is 16.8 Å². The van der Waals surface area contributed by atoms with E-state index in [4.69, 9.17) is 14.7 Å². The lowest BCUT2D eigenvalue weighted by Gasteiger charge is -2.18. The van der Waals surface area contributed by atoms with Crippen molar-refractivity contribution in [3.63, 3.8) is 0 Å². The lowest BCUT2D eigenvalue weighted by molar-refractivity contribution is 0.0948. The van der Waals surface area contributed by atoms with Crippen molar-refractivity contribution >= 4 is 16.9 Å². The zero-order chi connectivity index (χ0) is 20.5. The largest absolute Gasteiger partial charge is 0.486 e. The first-order valence-electron chi connectivity index (χ1n) is 9.44. The van der Waals surface area contributed by atoms with E-state index in [9.17, 15) is 4.79 Å². The average molecular weight is 400 g/mol. The van der Waals surface area contributed by atoms with Crippen molar-refractivity contribution in [1.82, 2.24) is 24.8 Å². The van der Waals surface area contributed by atoms with Crippen LogP contribution in [0.4, 0.5) is 0 Å². The minimum absolute atomic E-state index is 0.280. The molecule has 4 aromatic rings. The van der Waals surface area contributed by atoms with Crippen LogP contribution >= 0.6 is 0 Å². The van der Waals surface area contributed by atoms with Crippen molar-refractivity contribution in [2.45, 2.75) is 13.0 Å². The highest BCUT2D eigenvalue weighted by Crippen LogP contribution is 2.35. The zero-order valence-electron chi connectivity index (χ0n) is 15.9. The Morgan fingerprint density at radius 3 is 2.83 bits per heavy atom. The van der Waals surface area contributed by atoms with E-state index in [-0.39, 0.29) is 12.3 Å². The third-order valence-electron chi connectivity index (χ3n) is 4.80. The maximum absolute atomic E-state index is 13.4. The quantitative estimate of drug-likeness (QED) is 0.518. The summed E-state index contributed by atoms with van der Waals surface area (Å²) < 4.78 is 14.1. The second-order valence-electron chi connectivity index (χ2n) is 6.72. The number of hydrogen-bond donors (Lipinski definition) is 0. The Hall–Kier alpha value is -4.19. The van der Waals surface area contributed by atoms with Gasteiger partial charge in [-0.3, -0.25) is 9.48 Å². The molecule has 2 aromatic carbocycles. The summed E-state index contributed by atoms with van der Waals surface area (Å²) in [5.41, 5.74) is 2.79. The minimum atomic E-state index is -0.350. The second kappa shape index (κ2) is 7.33. The van der Waals surface area contributed by atoms with Crippen molar-refractivity contribution in [3.8, 4) is 28.8 Å². The van der Waals surface area contributed by atoms with Crippen LogP contribution in [0.3, 0.4) is 0 Å². The van der Waals surface area contributed by atoms with E-state index in [1.54, 1.807) is 29.1 Å². The molecule has 9 heteroatoms. The number of rotatable bonds is 4. The number of para-hydroxylation sites is 1. The number of carbonyl (C=O) groups is 1. The van der Waals surface area contributed by atoms with Gasteiger partial charge in [-0.25, -0.2) is 0 Å². The molecule has 2 aromatic heterocycles. The minimum Gasteiger partial charge on any atom is -0.486 e. The van der Waals surface area contributed by atoms with E-state index in [1.807, 2.05) is 24.3 Å². The highest BCUT2D eigenvalue weighted by atomic mass is 16.6. The maximum atomic E-state index is 13.4. The lowest BCUT2D eigenvalue weighted by Crippen LogP contribution is -2.15. The van der Waals surface area contributed by atoms with E-state index in [2.05, 4.69) is 21.5 Å². The summed E-state index contributed by atoms with van der Waals surface area (Å²) in [4.78, 5) is 13.4. The lowest BCUT2D eigenvalue weighted by atomic mass is 10.1. The SMILES string of the molecule is N#CCCn1cc(C(=O)n2nnc3ccccc32)c(-c2ccc3c(c2)OCCO3)n1. The Balaban J connectivity index is 1.61. The van der Waals surface area contributed by atoms with Gasteiger partial charge in [-0.05, 0) is 30.3 Å². The third-order valence-corrected chi connectivity index (χ3v) is 4.80. The molecule has 1 aliphatic heterocycles. The third kappa shape index (κ3) is 3.04. The van der Waals surface area contributed by atoms with Gasteiger partial charge in [0, 0.05) is 11.8 Å². The zero-order valence-corrected chi connectivity index (χ0v) is 15.9. The molecule has 0 amide bonds. The van der Waals surface area contributed by atoms with Gasteiger partial charge in [-0.15, -0.1) is 5.10 Å². The number of aromatic nitrogens is 5. The number of fused-ring (bicyclic) bond motifs is 2. The fraction of sp³-hybridized carbons (Fsp3) is 0.190. The van der Waals surface area contributed by atoms with E-state index < -0.39 is 0 Å². The first-order chi connectivity index (χ1) is 14.7. The summed E-state index contributed by atoms with van der Waals surface area (Å²) in [7, 11) is 0. The van der Waals surface area contributed by atoms with Crippen LogP contribution in [0.25, 0.3) is 22.3 Å². The predicted molar refractivity (Wildman–Crippen MR) is 106 cm³/mol. The first-order valence-corrected chi connectivity index (χ1v) is 9.44. The maximum Gasteiger partial charge on any atom is 0.284 e. The molecular weight excluding hydrogens is 384 g/mol. The topological polar surface area (TPSA) is 108 Å².